The lowest BCUT2D eigenvalue weighted by molar-refractivity contribution is -0.0499. The number of hydrogen-bond acceptors (Lipinski definition) is 4. The number of ether oxygens (including phenoxy) is 1. The van der Waals surface area contributed by atoms with E-state index in [0.29, 0.717) is 15.9 Å². The molecule has 162 valence electrons. The minimum Gasteiger partial charge on any atom is -0.444 e. The van der Waals surface area contributed by atoms with Crippen LogP contribution >= 0.6 is 15.9 Å². The van der Waals surface area contributed by atoms with E-state index in [4.69, 9.17) is 4.42 Å². The average molecular weight is 493 g/mol. The van der Waals surface area contributed by atoms with E-state index in [2.05, 4.69) is 26.0 Å². The van der Waals surface area contributed by atoms with Crippen LogP contribution in [-0.4, -0.2) is 25.5 Å². The van der Waals surface area contributed by atoms with Gasteiger partial charge in [0.2, 0.25) is 0 Å². The number of halogens is 3. The van der Waals surface area contributed by atoms with Gasteiger partial charge in [-0.1, -0.05) is 24.3 Å². The molecule has 6 nitrogen and oxygen atoms in total. The number of nitrogens with zero attached hydrogens (tertiary/aromatic N) is 1. The van der Waals surface area contributed by atoms with Gasteiger partial charge in [0.25, 0.3) is 11.8 Å². The zero-order chi connectivity index (χ0) is 22.5. The molecule has 0 fully saturated rings. The highest BCUT2D eigenvalue weighted by Gasteiger charge is 2.23. The van der Waals surface area contributed by atoms with Crippen LogP contribution in [0.4, 0.5) is 14.5 Å². The highest BCUT2D eigenvalue weighted by molar-refractivity contribution is 9.10. The zero-order valence-corrected chi connectivity index (χ0v) is 18.2. The molecule has 1 aromatic heterocycles. The fourth-order valence-electron chi connectivity index (χ4n) is 2.98. The summed E-state index contributed by atoms with van der Waals surface area (Å²) in [6.45, 7) is -1.22. The van der Waals surface area contributed by atoms with Crippen LogP contribution in [0.3, 0.4) is 0 Å². The van der Waals surface area contributed by atoms with E-state index < -0.39 is 24.5 Å². The Kier molecular flexibility index (Phi) is 7.06. The summed E-state index contributed by atoms with van der Waals surface area (Å²) in [5.74, 6) is -0.725. The standard InChI is InChI=1S/C22H19BrF2N2O4/c1-13(14-6-5-7-15(12-14)30-22(24)25)26-20(28)16-8-3-4-9-17(16)27(2)21(29)18-10-11-19(23)31-18/h3-13,22H,1-2H3,(H,26,28). The third-order valence-corrected chi connectivity index (χ3v) is 4.96. The Labute approximate surface area is 185 Å². The maximum Gasteiger partial charge on any atom is 0.387 e. The number of para-hydroxylation sites is 1. The van der Waals surface area contributed by atoms with Crippen molar-refractivity contribution in [2.45, 2.75) is 19.6 Å². The van der Waals surface area contributed by atoms with Crippen LogP contribution in [-0.2, 0) is 0 Å². The van der Waals surface area contributed by atoms with E-state index in [1.807, 2.05) is 0 Å². The molecule has 3 rings (SSSR count). The van der Waals surface area contributed by atoms with Crippen molar-refractivity contribution in [2.75, 3.05) is 11.9 Å². The van der Waals surface area contributed by atoms with Gasteiger partial charge in [-0.05, 0) is 64.8 Å². The molecule has 1 atom stereocenters. The predicted molar refractivity (Wildman–Crippen MR) is 115 cm³/mol. The van der Waals surface area contributed by atoms with Gasteiger partial charge in [-0.15, -0.1) is 0 Å². The molecule has 2 amide bonds. The van der Waals surface area contributed by atoms with Gasteiger partial charge in [0.05, 0.1) is 17.3 Å². The Morgan fingerprint density at radius 3 is 2.52 bits per heavy atom. The van der Waals surface area contributed by atoms with Gasteiger partial charge in [-0.2, -0.15) is 8.78 Å². The summed E-state index contributed by atoms with van der Waals surface area (Å²) in [6, 6.07) is 15.4. The molecule has 31 heavy (non-hydrogen) atoms. The molecule has 0 saturated heterocycles. The molecule has 0 saturated carbocycles. The highest BCUT2D eigenvalue weighted by atomic mass is 79.9. The van der Waals surface area contributed by atoms with Crippen molar-refractivity contribution in [1.29, 1.82) is 0 Å². The van der Waals surface area contributed by atoms with Crippen LogP contribution in [0.2, 0.25) is 0 Å². The molecule has 3 aromatic rings. The van der Waals surface area contributed by atoms with Crippen molar-refractivity contribution in [3.8, 4) is 5.75 Å². The minimum atomic E-state index is -2.94. The number of nitrogens with one attached hydrogen (secondary N) is 1. The summed E-state index contributed by atoms with van der Waals surface area (Å²) in [6.07, 6.45) is 0. The molecule has 9 heteroatoms. The topological polar surface area (TPSA) is 71.8 Å². The number of carbonyl (C=O) groups excluding carboxylic acids is 2. The third kappa shape index (κ3) is 5.49. The second-order valence-corrected chi connectivity index (χ2v) is 7.41. The molecular weight excluding hydrogens is 474 g/mol. The van der Waals surface area contributed by atoms with Gasteiger partial charge in [0.1, 0.15) is 5.75 Å². The van der Waals surface area contributed by atoms with Crippen molar-refractivity contribution in [1.82, 2.24) is 5.32 Å². The van der Waals surface area contributed by atoms with Crippen LogP contribution in [0, 0.1) is 0 Å². The van der Waals surface area contributed by atoms with Crippen molar-refractivity contribution in [3.63, 3.8) is 0 Å². The monoisotopic (exact) mass is 492 g/mol. The molecular formula is C22H19BrF2N2O4. The normalized spacial score (nSPS) is 11.8. The number of hydrogen-bond donors (Lipinski definition) is 1. The summed E-state index contributed by atoms with van der Waals surface area (Å²) >= 11 is 3.16. The zero-order valence-electron chi connectivity index (χ0n) is 16.6. The lowest BCUT2D eigenvalue weighted by Crippen LogP contribution is -2.31. The van der Waals surface area contributed by atoms with Gasteiger partial charge in [0, 0.05) is 7.05 Å². The molecule has 0 aliphatic carbocycles. The molecule has 1 unspecified atom stereocenters. The summed E-state index contributed by atoms with van der Waals surface area (Å²) < 4.78 is 35.1. The van der Waals surface area contributed by atoms with Crippen molar-refractivity contribution >= 4 is 33.4 Å². The first-order valence-electron chi connectivity index (χ1n) is 9.24. The number of furan rings is 1. The number of benzene rings is 2. The number of alkyl halides is 2. The molecule has 0 bridgehead atoms. The van der Waals surface area contributed by atoms with Crippen LogP contribution in [0.25, 0.3) is 0 Å². The SMILES string of the molecule is CC(NC(=O)c1ccccc1N(C)C(=O)c1ccc(Br)o1)c1cccc(OC(F)F)c1. The number of anilines is 1. The van der Waals surface area contributed by atoms with Gasteiger partial charge in [0.15, 0.2) is 10.4 Å². The molecule has 0 aliphatic rings. The average Bonchev–Trinajstić information content (AvgIpc) is 3.18. The number of carbonyl (C=O) groups is 2. The Hall–Kier alpha value is -3.20. The largest absolute Gasteiger partial charge is 0.444 e. The number of amides is 2. The molecule has 0 radical (unpaired) electrons. The van der Waals surface area contributed by atoms with Gasteiger partial charge in [-0.3, -0.25) is 9.59 Å². The van der Waals surface area contributed by atoms with Gasteiger partial charge >= 0.3 is 6.61 Å². The van der Waals surface area contributed by atoms with E-state index in [9.17, 15) is 18.4 Å². The molecule has 0 spiro atoms. The van der Waals surface area contributed by atoms with Crippen molar-refractivity contribution in [3.05, 3.63) is 82.2 Å². The smallest absolute Gasteiger partial charge is 0.387 e. The van der Waals surface area contributed by atoms with Crippen molar-refractivity contribution in [2.24, 2.45) is 0 Å². The Bertz CT molecular complexity index is 1090. The minimum absolute atomic E-state index is 0.00365. The Morgan fingerprint density at radius 1 is 1.10 bits per heavy atom. The quantitative estimate of drug-likeness (QED) is 0.478. The molecule has 0 aliphatic heterocycles. The number of rotatable bonds is 7. The van der Waals surface area contributed by atoms with Crippen LogP contribution in [0.1, 0.15) is 39.4 Å². The Morgan fingerprint density at radius 2 is 1.84 bits per heavy atom. The van der Waals surface area contributed by atoms with E-state index in [-0.39, 0.29) is 17.1 Å². The summed E-state index contributed by atoms with van der Waals surface area (Å²) in [5, 5.41) is 2.82. The Balaban J connectivity index is 1.79. The second kappa shape index (κ2) is 9.74. The van der Waals surface area contributed by atoms with Crippen molar-refractivity contribution < 1.29 is 27.5 Å². The highest BCUT2D eigenvalue weighted by Crippen LogP contribution is 2.25. The summed E-state index contributed by atoms with van der Waals surface area (Å²) in [5.41, 5.74) is 1.25. The van der Waals surface area contributed by atoms with Crippen LogP contribution in [0.5, 0.6) is 5.75 Å². The van der Waals surface area contributed by atoms with Crippen LogP contribution in [0.15, 0.2) is 69.8 Å². The first-order chi connectivity index (χ1) is 14.8. The molecule has 1 heterocycles. The van der Waals surface area contributed by atoms with Gasteiger partial charge in [-0.25, -0.2) is 0 Å². The van der Waals surface area contributed by atoms with Crippen LogP contribution < -0.4 is 15.0 Å². The van der Waals surface area contributed by atoms with E-state index >= 15 is 0 Å². The first-order valence-corrected chi connectivity index (χ1v) is 10.0. The predicted octanol–water partition coefficient (Wildman–Crippen LogP) is 5.41. The van der Waals surface area contributed by atoms with E-state index in [0.717, 1.165) is 0 Å². The van der Waals surface area contributed by atoms with Gasteiger partial charge < -0.3 is 19.4 Å². The first kappa shape index (κ1) is 22.5. The lowest BCUT2D eigenvalue weighted by Gasteiger charge is -2.21. The fourth-order valence-corrected chi connectivity index (χ4v) is 3.29. The lowest BCUT2D eigenvalue weighted by atomic mass is 10.1. The fraction of sp³-hybridized carbons (Fsp3) is 0.182. The van der Waals surface area contributed by atoms with E-state index in [1.54, 1.807) is 56.4 Å². The maximum atomic E-state index is 12.9. The second-order valence-electron chi connectivity index (χ2n) is 6.63. The summed E-state index contributed by atoms with van der Waals surface area (Å²) in [7, 11) is 1.54. The molecule has 2 aromatic carbocycles. The molecule has 1 N–H and O–H groups in total. The maximum absolute atomic E-state index is 12.9. The third-order valence-electron chi connectivity index (χ3n) is 4.53. The van der Waals surface area contributed by atoms with E-state index in [1.165, 1.54) is 23.1 Å². The summed E-state index contributed by atoms with van der Waals surface area (Å²) in [4.78, 5) is 27.0.